The molecular formula is C14H10Cl3NOS. The Kier molecular flexibility index (Phi) is 5.61. The van der Waals surface area contributed by atoms with Crippen LogP contribution in [0.2, 0.25) is 15.1 Å². The number of thioether (sulfide) groups is 1. The van der Waals surface area contributed by atoms with E-state index in [4.69, 9.17) is 34.8 Å². The Morgan fingerprint density at radius 3 is 2.25 bits per heavy atom. The third-order valence-corrected chi connectivity index (χ3v) is 4.21. The second kappa shape index (κ2) is 7.23. The van der Waals surface area contributed by atoms with Gasteiger partial charge in [0.25, 0.3) is 0 Å². The summed E-state index contributed by atoms with van der Waals surface area (Å²) in [5, 5.41) is 3.76. The van der Waals surface area contributed by atoms with E-state index in [0.717, 1.165) is 4.90 Å². The Hall–Kier alpha value is -0.870. The molecule has 2 aromatic carbocycles. The molecule has 0 atom stereocenters. The topological polar surface area (TPSA) is 29.1 Å². The number of benzene rings is 2. The van der Waals surface area contributed by atoms with E-state index in [1.807, 2.05) is 30.3 Å². The van der Waals surface area contributed by atoms with E-state index in [-0.39, 0.29) is 11.7 Å². The molecule has 0 heterocycles. The number of amides is 1. The number of rotatable bonds is 4. The number of hydrogen-bond acceptors (Lipinski definition) is 2. The van der Waals surface area contributed by atoms with E-state index < -0.39 is 0 Å². The lowest BCUT2D eigenvalue weighted by atomic mass is 10.3. The van der Waals surface area contributed by atoms with E-state index in [1.54, 1.807) is 0 Å². The van der Waals surface area contributed by atoms with Gasteiger partial charge in [-0.25, -0.2) is 0 Å². The Labute approximate surface area is 136 Å². The standard InChI is InChI=1S/C14H10Cl3NOS/c15-9-6-11(16)14(12(17)7-9)18-13(19)8-20-10-4-2-1-3-5-10/h1-7H,8H2,(H,18,19). The van der Waals surface area contributed by atoms with Crippen LogP contribution in [0.4, 0.5) is 5.69 Å². The summed E-state index contributed by atoms with van der Waals surface area (Å²) in [7, 11) is 0. The van der Waals surface area contributed by atoms with Crippen LogP contribution in [0.1, 0.15) is 0 Å². The van der Waals surface area contributed by atoms with Crippen LogP contribution in [-0.2, 0) is 4.79 Å². The maximum absolute atomic E-state index is 11.9. The summed E-state index contributed by atoms with van der Waals surface area (Å²) in [6.07, 6.45) is 0. The largest absolute Gasteiger partial charge is 0.323 e. The fourth-order valence-electron chi connectivity index (χ4n) is 1.50. The molecule has 0 saturated carbocycles. The number of carbonyl (C=O) groups excluding carboxylic acids is 1. The van der Waals surface area contributed by atoms with E-state index in [1.165, 1.54) is 23.9 Å². The fourth-order valence-corrected chi connectivity index (χ4v) is 3.13. The highest BCUT2D eigenvalue weighted by Crippen LogP contribution is 2.33. The van der Waals surface area contributed by atoms with Gasteiger partial charge in [0.15, 0.2) is 0 Å². The van der Waals surface area contributed by atoms with Crippen LogP contribution in [-0.4, -0.2) is 11.7 Å². The summed E-state index contributed by atoms with van der Waals surface area (Å²) < 4.78 is 0. The first-order chi connectivity index (χ1) is 9.56. The molecule has 20 heavy (non-hydrogen) atoms. The summed E-state index contributed by atoms with van der Waals surface area (Å²) in [6, 6.07) is 12.7. The van der Waals surface area contributed by atoms with Crippen molar-refractivity contribution >= 4 is 58.2 Å². The Morgan fingerprint density at radius 2 is 1.65 bits per heavy atom. The van der Waals surface area contributed by atoms with Crippen molar-refractivity contribution in [1.82, 2.24) is 0 Å². The molecule has 0 aromatic heterocycles. The molecular weight excluding hydrogens is 337 g/mol. The average molecular weight is 347 g/mol. The van der Waals surface area contributed by atoms with Gasteiger partial charge in [0, 0.05) is 9.92 Å². The molecule has 2 nitrogen and oxygen atoms in total. The number of halogens is 3. The lowest BCUT2D eigenvalue weighted by Gasteiger charge is -2.09. The van der Waals surface area contributed by atoms with Gasteiger partial charge in [0.1, 0.15) is 0 Å². The van der Waals surface area contributed by atoms with Crippen LogP contribution >= 0.6 is 46.6 Å². The lowest BCUT2D eigenvalue weighted by molar-refractivity contribution is -0.113. The van der Waals surface area contributed by atoms with E-state index in [2.05, 4.69) is 5.32 Å². The first-order valence-corrected chi connectivity index (χ1v) is 7.80. The normalized spacial score (nSPS) is 10.3. The minimum Gasteiger partial charge on any atom is -0.323 e. The van der Waals surface area contributed by atoms with Crippen LogP contribution in [0.3, 0.4) is 0 Å². The molecule has 0 fully saturated rings. The predicted molar refractivity (Wildman–Crippen MR) is 87.3 cm³/mol. The van der Waals surface area contributed by atoms with Gasteiger partial charge in [-0.1, -0.05) is 53.0 Å². The fraction of sp³-hybridized carbons (Fsp3) is 0.0714. The number of hydrogen-bond donors (Lipinski definition) is 1. The molecule has 0 aliphatic carbocycles. The molecule has 6 heteroatoms. The van der Waals surface area contributed by atoms with Crippen molar-refractivity contribution in [1.29, 1.82) is 0 Å². The second-order valence-electron chi connectivity index (χ2n) is 3.89. The Bertz CT molecular complexity index is 596. The summed E-state index contributed by atoms with van der Waals surface area (Å²) >= 11 is 19.3. The van der Waals surface area contributed by atoms with Gasteiger partial charge in [-0.15, -0.1) is 11.8 Å². The molecule has 0 spiro atoms. The summed E-state index contributed by atoms with van der Waals surface area (Å²) in [5.41, 5.74) is 0.386. The van der Waals surface area contributed by atoms with Crippen LogP contribution in [0, 0.1) is 0 Å². The number of anilines is 1. The van der Waals surface area contributed by atoms with Crippen molar-refractivity contribution in [3.05, 3.63) is 57.5 Å². The molecule has 0 aliphatic heterocycles. The number of carbonyl (C=O) groups is 1. The van der Waals surface area contributed by atoms with Crippen LogP contribution in [0.15, 0.2) is 47.4 Å². The van der Waals surface area contributed by atoms with Gasteiger partial charge in [0.05, 0.1) is 21.5 Å². The van der Waals surface area contributed by atoms with E-state index in [9.17, 15) is 4.79 Å². The molecule has 0 saturated heterocycles. The monoisotopic (exact) mass is 345 g/mol. The van der Waals surface area contributed by atoms with Crippen molar-refractivity contribution in [3.63, 3.8) is 0 Å². The molecule has 2 aromatic rings. The zero-order valence-electron chi connectivity index (χ0n) is 10.2. The van der Waals surface area contributed by atoms with E-state index in [0.29, 0.717) is 20.8 Å². The first kappa shape index (κ1) is 15.5. The quantitative estimate of drug-likeness (QED) is 0.753. The third kappa shape index (κ3) is 4.32. The molecule has 104 valence electrons. The highest BCUT2D eigenvalue weighted by atomic mass is 35.5. The first-order valence-electron chi connectivity index (χ1n) is 5.68. The molecule has 1 amide bonds. The van der Waals surface area contributed by atoms with Gasteiger partial charge in [-0.05, 0) is 24.3 Å². The molecule has 0 bridgehead atoms. The van der Waals surface area contributed by atoms with Gasteiger partial charge in [-0.2, -0.15) is 0 Å². The van der Waals surface area contributed by atoms with E-state index >= 15 is 0 Å². The van der Waals surface area contributed by atoms with Gasteiger partial charge < -0.3 is 5.32 Å². The molecule has 2 rings (SSSR count). The Morgan fingerprint density at radius 1 is 1.05 bits per heavy atom. The molecule has 0 aliphatic rings. The summed E-state index contributed by atoms with van der Waals surface area (Å²) in [4.78, 5) is 12.9. The SMILES string of the molecule is O=C(CSc1ccccc1)Nc1c(Cl)cc(Cl)cc1Cl. The molecule has 1 N–H and O–H groups in total. The molecule has 0 unspecified atom stereocenters. The van der Waals surface area contributed by atoms with Crippen molar-refractivity contribution in [2.45, 2.75) is 4.90 Å². The summed E-state index contributed by atoms with van der Waals surface area (Å²) in [5.74, 6) is 0.101. The number of nitrogens with one attached hydrogen (secondary N) is 1. The smallest absolute Gasteiger partial charge is 0.234 e. The second-order valence-corrected chi connectivity index (χ2v) is 6.19. The van der Waals surface area contributed by atoms with Crippen LogP contribution in [0.5, 0.6) is 0 Å². The van der Waals surface area contributed by atoms with Gasteiger partial charge >= 0.3 is 0 Å². The summed E-state index contributed by atoms with van der Waals surface area (Å²) in [6.45, 7) is 0. The van der Waals surface area contributed by atoms with Crippen LogP contribution in [0.25, 0.3) is 0 Å². The third-order valence-electron chi connectivity index (χ3n) is 2.38. The van der Waals surface area contributed by atoms with Gasteiger partial charge in [-0.3, -0.25) is 4.79 Å². The predicted octanol–water partition coefficient (Wildman–Crippen LogP) is 5.38. The van der Waals surface area contributed by atoms with Crippen molar-refractivity contribution in [2.75, 3.05) is 11.1 Å². The van der Waals surface area contributed by atoms with Crippen molar-refractivity contribution in [2.24, 2.45) is 0 Å². The van der Waals surface area contributed by atoms with Crippen molar-refractivity contribution in [3.8, 4) is 0 Å². The van der Waals surface area contributed by atoms with Crippen LogP contribution < -0.4 is 5.32 Å². The van der Waals surface area contributed by atoms with Crippen molar-refractivity contribution < 1.29 is 4.79 Å². The maximum Gasteiger partial charge on any atom is 0.234 e. The zero-order chi connectivity index (χ0) is 14.5. The van der Waals surface area contributed by atoms with Gasteiger partial charge in [0.2, 0.25) is 5.91 Å². The lowest BCUT2D eigenvalue weighted by Crippen LogP contribution is -2.14. The zero-order valence-corrected chi connectivity index (χ0v) is 13.3. The Balaban J connectivity index is 1.98. The highest BCUT2D eigenvalue weighted by molar-refractivity contribution is 8.00. The minimum absolute atomic E-state index is 0.176. The maximum atomic E-state index is 11.9. The molecule has 0 radical (unpaired) electrons. The average Bonchev–Trinajstić information content (AvgIpc) is 2.42. The highest BCUT2D eigenvalue weighted by Gasteiger charge is 2.11. The minimum atomic E-state index is -0.176.